The molecule has 1 aromatic rings. The standard InChI is InChI=1S/C13H22F3N5/c1-10-11(8-19(2)18-10)12(7-17)21-5-3-20(4-6-21)9-13(14,15)16/h8,12H,3-7,9,17H2,1-2H3. The normalized spacial score (nSPS) is 19.9. The molecule has 0 aliphatic carbocycles. The van der Waals surface area contributed by atoms with Gasteiger partial charge >= 0.3 is 6.18 Å². The van der Waals surface area contributed by atoms with Gasteiger partial charge < -0.3 is 5.73 Å². The minimum Gasteiger partial charge on any atom is -0.329 e. The predicted molar refractivity (Wildman–Crippen MR) is 73.8 cm³/mol. The summed E-state index contributed by atoms with van der Waals surface area (Å²) in [6.07, 6.45) is -2.19. The van der Waals surface area contributed by atoms with Crippen LogP contribution >= 0.6 is 0 Å². The second kappa shape index (κ2) is 6.33. The number of nitrogens with zero attached hydrogens (tertiary/aromatic N) is 4. The van der Waals surface area contributed by atoms with Crippen LogP contribution in [0.25, 0.3) is 0 Å². The van der Waals surface area contributed by atoms with Crippen molar-refractivity contribution in [3.8, 4) is 0 Å². The van der Waals surface area contributed by atoms with Crippen LogP contribution in [0.5, 0.6) is 0 Å². The molecule has 1 fully saturated rings. The van der Waals surface area contributed by atoms with Gasteiger partial charge in [-0.2, -0.15) is 18.3 Å². The fourth-order valence-electron chi connectivity index (χ4n) is 2.90. The molecule has 1 aliphatic heterocycles. The molecule has 0 bridgehead atoms. The highest BCUT2D eigenvalue weighted by Crippen LogP contribution is 2.24. The van der Waals surface area contributed by atoms with Crippen molar-refractivity contribution in [2.45, 2.75) is 19.1 Å². The number of aromatic nitrogens is 2. The Morgan fingerprint density at radius 3 is 2.33 bits per heavy atom. The van der Waals surface area contributed by atoms with E-state index in [0.717, 1.165) is 11.3 Å². The molecule has 0 aromatic carbocycles. The lowest BCUT2D eigenvalue weighted by Crippen LogP contribution is -2.51. The first-order valence-corrected chi connectivity index (χ1v) is 7.03. The summed E-state index contributed by atoms with van der Waals surface area (Å²) in [6, 6.07) is 0.0201. The van der Waals surface area contributed by atoms with Crippen LogP contribution in [0.15, 0.2) is 6.20 Å². The molecule has 2 N–H and O–H groups in total. The van der Waals surface area contributed by atoms with Gasteiger partial charge in [-0.1, -0.05) is 0 Å². The first-order chi connectivity index (χ1) is 9.80. The SMILES string of the molecule is Cc1nn(C)cc1C(CN)N1CCN(CC(F)(F)F)CC1. The molecule has 0 amide bonds. The summed E-state index contributed by atoms with van der Waals surface area (Å²) in [5.41, 5.74) is 7.86. The van der Waals surface area contributed by atoms with E-state index in [9.17, 15) is 13.2 Å². The number of piperazine rings is 1. The molecule has 0 spiro atoms. The molecule has 1 atom stereocenters. The summed E-state index contributed by atoms with van der Waals surface area (Å²) in [5, 5.41) is 4.31. The number of rotatable bonds is 4. The van der Waals surface area contributed by atoms with E-state index in [1.165, 1.54) is 4.90 Å². The Hall–Kier alpha value is -1.12. The highest BCUT2D eigenvalue weighted by Gasteiger charge is 2.33. The quantitative estimate of drug-likeness (QED) is 0.898. The maximum atomic E-state index is 12.4. The van der Waals surface area contributed by atoms with E-state index in [4.69, 9.17) is 5.73 Å². The van der Waals surface area contributed by atoms with Gasteiger partial charge in [-0.05, 0) is 6.92 Å². The number of alkyl halides is 3. The third-order valence-electron chi connectivity index (χ3n) is 3.88. The van der Waals surface area contributed by atoms with Crippen LogP contribution < -0.4 is 5.73 Å². The fourth-order valence-corrected chi connectivity index (χ4v) is 2.90. The zero-order chi connectivity index (χ0) is 15.6. The topological polar surface area (TPSA) is 50.3 Å². The molecule has 8 heteroatoms. The van der Waals surface area contributed by atoms with Crippen LogP contribution in [0.2, 0.25) is 0 Å². The lowest BCUT2D eigenvalue weighted by atomic mass is 10.1. The van der Waals surface area contributed by atoms with Crippen molar-refractivity contribution in [2.75, 3.05) is 39.3 Å². The molecule has 120 valence electrons. The third-order valence-corrected chi connectivity index (χ3v) is 3.88. The van der Waals surface area contributed by atoms with Gasteiger partial charge in [0.2, 0.25) is 0 Å². The van der Waals surface area contributed by atoms with Gasteiger partial charge in [0.15, 0.2) is 0 Å². The number of hydrogen-bond donors (Lipinski definition) is 1. The first-order valence-electron chi connectivity index (χ1n) is 7.03. The summed E-state index contributed by atoms with van der Waals surface area (Å²) in [7, 11) is 1.85. The Kier molecular flexibility index (Phi) is 4.90. The van der Waals surface area contributed by atoms with Gasteiger partial charge in [-0.15, -0.1) is 0 Å². The molecular formula is C13H22F3N5. The molecule has 5 nitrogen and oxygen atoms in total. The van der Waals surface area contributed by atoms with E-state index in [2.05, 4.69) is 10.00 Å². The van der Waals surface area contributed by atoms with Gasteiger partial charge in [0, 0.05) is 51.5 Å². The smallest absolute Gasteiger partial charge is 0.329 e. The maximum Gasteiger partial charge on any atom is 0.401 e. The molecule has 2 rings (SSSR count). The highest BCUT2D eigenvalue weighted by atomic mass is 19.4. The maximum absolute atomic E-state index is 12.4. The minimum absolute atomic E-state index is 0.0201. The van der Waals surface area contributed by atoms with E-state index < -0.39 is 12.7 Å². The van der Waals surface area contributed by atoms with Crippen LogP contribution in [0, 0.1) is 6.92 Å². The van der Waals surface area contributed by atoms with Gasteiger partial charge in [0.25, 0.3) is 0 Å². The first kappa shape index (κ1) is 16.3. The molecule has 1 saturated heterocycles. The van der Waals surface area contributed by atoms with Crippen molar-refractivity contribution in [3.05, 3.63) is 17.5 Å². The van der Waals surface area contributed by atoms with Crippen LogP contribution in [0.4, 0.5) is 13.2 Å². The Balaban J connectivity index is 1.98. The summed E-state index contributed by atoms with van der Waals surface area (Å²) in [4.78, 5) is 3.59. The monoisotopic (exact) mass is 305 g/mol. The third kappa shape index (κ3) is 4.18. The van der Waals surface area contributed by atoms with Crippen molar-refractivity contribution in [1.82, 2.24) is 19.6 Å². The molecule has 21 heavy (non-hydrogen) atoms. The zero-order valence-electron chi connectivity index (χ0n) is 12.4. The number of hydrogen-bond acceptors (Lipinski definition) is 4. The van der Waals surface area contributed by atoms with Gasteiger partial charge in [-0.3, -0.25) is 14.5 Å². The second-order valence-corrected chi connectivity index (χ2v) is 5.52. The van der Waals surface area contributed by atoms with E-state index in [1.54, 1.807) is 4.68 Å². The number of halogens is 3. The molecule has 2 heterocycles. The van der Waals surface area contributed by atoms with Crippen molar-refractivity contribution in [1.29, 1.82) is 0 Å². The molecule has 1 unspecified atom stereocenters. The van der Waals surface area contributed by atoms with E-state index in [-0.39, 0.29) is 6.04 Å². The summed E-state index contributed by atoms with van der Waals surface area (Å²) < 4.78 is 38.9. The second-order valence-electron chi connectivity index (χ2n) is 5.52. The molecule has 1 aliphatic rings. The van der Waals surface area contributed by atoms with Crippen LogP contribution in [-0.4, -0.2) is 65.0 Å². The lowest BCUT2D eigenvalue weighted by molar-refractivity contribution is -0.149. The van der Waals surface area contributed by atoms with E-state index >= 15 is 0 Å². The van der Waals surface area contributed by atoms with Gasteiger partial charge in [-0.25, -0.2) is 0 Å². The van der Waals surface area contributed by atoms with Crippen LogP contribution in [-0.2, 0) is 7.05 Å². The van der Waals surface area contributed by atoms with Crippen molar-refractivity contribution < 1.29 is 13.2 Å². The highest BCUT2D eigenvalue weighted by molar-refractivity contribution is 5.20. The Labute approximate surface area is 122 Å². The summed E-state index contributed by atoms with van der Waals surface area (Å²) in [5.74, 6) is 0. The minimum atomic E-state index is -4.13. The van der Waals surface area contributed by atoms with Gasteiger partial charge in [0.1, 0.15) is 0 Å². The van der Waals surface area contributed by atoms with Crippen molar-refractivity contribution in [2.24, 2.45) is 12.8 Å². The predicted octanol–water partition coefficient (Wildman–Crippen LogP) is 0.908. The number of nitrogens with two attached hydrogens (primary N) is 1. The number of aryl methyl sites for hydroxylation is 2. The van der Waals surface area contributed by atoms with Gasteiger partial charge in [0.05, 0.1) is 18.3 Å². The van der Waals surface area contributed by atoms with E-state index in [1.807, 2.05) is 20.2 Å². The summed E-state index contributed by atoms with van der Waals surface area (Å²) >= 11 is 0. The molecule has 0 saturated carbocycles. The molecular weight excluding hydrogens is 283 g/mol. The van der Waals surface area contributed by atoms with E-state index in [0.29, 0.717) is 32.7 Å². The fraction of sp³-hybridized carbons (Fsp3) is 0.769. The Morgan fingerprint density at radius 1 is 1.29 bits per heavy atom. The van der Waals surface area contributed by atoms with Crippen LogP contribution in [0.1, 0.15) is 17.3 Å². The van der Waals surface area contributed by atoms with Crippen molar-refractivity contribution >= 4 is 0 Å². The largest absolute Gasteiger partial charge is 0.401 e. The zero-order valence-corrected chi connectivity index (χ0v) is 12.4. The average molecular weight is 305 g/mol. The Morgan fingerprint density at radius 2 is 1.90 bits per heavy atom. The molecule has 0 radical (unpaired) electrons. The van der Waals surface area contributed by atoms with Crippen LogP contribution in [0.3, 0.4) is 0 Å². The summed E-state index contributed by atoms with van der Waals surface area (Å²) in [6.45, 7) is 3.53. The average Bonchev–Trinajstić information content (AvgIpc) is 2.70. The molecule has 1 aromatic heterocycles. The lowest BCUT2D eigenvalue weighted by Gasteiger charge is -2.39. The Bertz CT molecular complexity index is 463. The van der Waals surface area contributed by atoms with Crippen molar-refractivity contribution in [3.63, 3.8) is 0 Å².